The van der Waals surface area contributed by atoms with Crippen LogP contribution < -0.4 is 5.32 Å². The maximum atomic E-state index is 12.1. The Morgan fingerprint density at radius 2 is 1.82 bits per heavy atom. The predicted molar refractivity (Wildman–Crippen MR) is 127 cm³/mol. The number of aromatic nitrogens is 1. The van der Waals surface area contributed by atoms with E-state index in [0.717, 1.165) is 5.56 Å². The third-order valence-electron chi connectivity index (χ3n) is 5.84. The third kappa shape index (κ3) is 6.01. The Labute approximate surface area is 195 Å². The largest absolute Gasteiger partial charge is 0.465 e. The van der Waals surface area contributed by atoms with E-state index in [4.69, 9.17) is 0 Å². The first-order valence-electron chi connectivity index (χ1n) is 11.2. The number of aliphatic hydroxyl groups is 1. The first-order valence-corrected chi connectivity index (χ1v) is 11.2. The zero-order valence-electron chi connectivity index (χ0n) is 19.9. The molecular weight excluding hydrogens is 420 g/mol. The quantitative estimate of drug-likeness (QED) is 0.613. The van der Waals surface area contributed by atoms with E-state index in [2.05, 4.69) is 10.3 Å². The van der Waals surface area contributed by atoms with Crippen LogP contribution in [0, 0.1) is 0 Å². The van der Waals surface area contributed by atoms with Crippen molar-refractivity contribution in [2.75, 3.05) is 19.4 Å². The van der Waals surface area contributed by atoms with Crippen LogP contribution in [-0.2, 0) is 6.42 Å². The van der Waals surface area contributed by atoms with Gasteiger partial charge in [-0.3, -0.25) is 9.69 Å². The van der Waals surface area contributed by atoms with Gasteiger partial charge in [0.05, 0.1) is 6.04 Å². The molecule has 1 unspecified atom stereocenters. The fraction of sp³-hybridized carbons (Fsp3) is 0.480. The van der Waals surface area contributed by atoms with E-state index in [9.17, 15) is 19.8 Å². The maximum Gasteiger partial charge on any atom is 0.407 e. The van der Waals surface area contributed by atoms with Crippen molar-refractivity contribution in [3.05, 3.63) is 59.3 Å². The number of nitrogens with zero attached hydrogens (tertiary/aromatic N) is 3. The van der Waals surface area contributed by atoms with Gasteiger partial charge in [-0.1, -0.05) is 18.2 Å². The normalized spacial score (nSPS) is 19.3. The van der Waals surface area contributed by atoms with Crippen LogP contribution in [0.3, 0.4) is 0 Å². The fourth-order valence-electron chi connectivity index (χ4n) is 4.29. The number of rotatable bonds is 6. The van der Waals surface area contributed by atoms with E-state index in [0.29, 0.717) is 36.2 Å². The van der Waals surface area contributed by atoms with Crippen molar-refractivity contribution < 1.29 is 19.8 Å². The number of likely N-dealkylation sites (tertiary alicyclic amines) is 1. The molecule has 1 aromatic carbocycles. The van der Waals surface area contributed by atoms with Crippen molar-refractivity contribution in [2.24, 2.45) is 0 Å². The Kier molecular flexibility index (Phi) is 7.27. The molecule has 8 nitrogen and oxygen atoms in total. The average molecular weight is 455 g/mol. The molecule has 1 aliphatic heterocycles. The second kappa shape index (κ2) is 9.79. The SMILES string of the molecule is CN(C)C(=O)c1ccc(C[C@@H]2CC[C@H](C(O)c3ccc(NC(C)(C)C)nc3)N2C(=O)O)cc1. The zero-order valence-corrected chi connectivity index (χ0v) is 19.9. The van der Waals surface area contributed by atoms with Gasteiger partial charge in [0.15, 0.2) is 0 Å². The Hall–Kier alpha value is -3.13. The van der Waals surface area contributed by atoms with Crippen LogP contribution in [0.25, 0.3) is 0 Å². The highest BCUT2D eigenvalue weighted by molar-refractivity contribution is 5.93. The Morgan fingerprint density at radius 1 is 1.15 bits per heavy atom. The summed E-state index contributed by atoms with van der Waals surface area (Å²) in [6.45, 7) is 6.11. The Bertz CT molecular complexity index is 967. The molecule has 0 spiro atoms. The van der Waals surface area contributed by atoms with Crippen LogP contribution in [0.4, 0.5) is 10.6 Å². The number of hydrogen-bond donors (Lipinski definition) is 3. The summed E-state index contributed by atoms with van der Waals surface area (Å²) in [5, 5.41) is 24.2. The molecule has 0 bridgehead atoms. The second-order valence-electron chi connectivity index (χ2n) is 9.89. The summed E-state index contributed by atoms with van der Waals surface area (Å²) in [5.74, 6) is 0.629. The molecule has 2 heterocycles. The number of pyridine rings is 1. The fourth-order valence-corrected chi connectivity index (χ4v) is 4.29. The predicted octanol–water partition coefficient (Wildman–Crippen LogP) is 3.78. The van der Waals surface area contributed by atoms with Gasteiger partial charge >= 0.3 is 6.09 Å². The molecule has 0 saturated carbocycles. The van der Waals surface area contributed by atoms with Crippen LogP contribution in [0.15, 0.2) is 42.6 Å². The molecule has 1 aromatic heterocycles. The highest BCUT2D eigenvalue weighted by atomic mass is 16.4. The Balaban J connectivity index is 1.71. The molecule has 3 rings (SSSR count). The van der Waals surface area contributed by atoms with Gasteiger partial charge in [0.25, 0.3) is 5.91 Å². The first-order chi connectivity index (χ1) is 15.5. The molecule has 3 atom stereocenters. The minimum atomic E-state index is -1.04. The van der Waals surface area contributed by atoms with E-state index in [1.165, 1.54) is 9.80 Å². The van der Waals surface area contributed by atoms with E-state index in [1.807, 2.05) is 32.9 Å². The van der Waals surface area contributed by atoms with E-state index in [-0.39, 0.29) is 17.5 Å². The number of hydrogen-bond acceptors (Lipinski definition) is 5. The van der Waals surface area contributed by atoms with Crippen molar-refractivity contribution in [1.29, 1.82) is 0 Å². The van der Waals surface area contributed by atoms with Gasteiger partial charge in [-0.25, -0.2) is 9.78 Å². The highest BCUT2D eigenvalue weighted by Crippen LogP contribution is 2.35. The molecule has 1 saturated heterocycles. The standard InChI is InChI=1S/C25H34N4O4/c1-25(2,3)27-21-13-10-18(15-26-21)22(30)20-12-11-19(29(20)24(32)33)14-16-6-8-17(9-7-16)23(31)28(4)5/h6-10,13,15,19-20,22,30H,11-12,14H2,1-5H3,(H,26,27)(H,32,33)/t19-,20+,22?/m0/s1. The van der Waals surface area contributed by atoms with Gasteiger partial charge in [0, 0.05) is 43.0 Å². The van der Waals surface area contributed by atoms with E-state index >= 15 is 0 Å². The number of amides is 2. The number of benzene rings is 1. The molecule has 178 valence electrons. The number of aliphatic hydroxyl groups excluding tert-OH is 1. The Morgan fingerprint density at radius 3 is 2.33 bits per heavy atom. The van der Waals surface area contributed by atoms with Gasteiger partial charge in [-0.2, -0.15) is 0 Å². The van der Waals surface area contributed by atoms with Crippen molar-refractivity contribution >= 4 is 17.8 Å². The monoisotopic (exact) mass is 454 g/mol. The first kappa shape index (κ1) is 24.5. The number of carbonyl (C=O) groups excluding carboxylic acids is 1. The van der Waals surface area contributed by atoms with Crippen LogP contribution in [0.5, 0.6) is 0 Å². The summed E-state index contributed by atoms with van der Waals surface area (Å²) in [7, 11) is 3.41. The summed E-state index contributed by atoms with van der Waals surface area (Å²) < 4.78 is 0. The van der Waals surface area contributed by atoms with E-state index < -0.39 is 18.2 Å². The molecule has 2 aromatic rings. The van der Waals surface area contributed by atoms with Crippen LogP contribution >= 0.6 is 0 Å². The minimum absolute atomic E-state index is 0.0740. The second-order valence-corrected chi connectivity index (χ2v) is 9.89. The summed E-state index contributed by atoms with van der Waals surface area (Å²) in [6, 6.07) is 10.1. The summed E-state index contributed by atoms with van der Waals surface area (Å²) in [6.07, 6.45) is 1.36. The van der Waals surface area contributed by atoms with Gasteiger partial charge < -0.3 is 20.4 Å². The van der Waals surface area contributed by atoms with Gasteiger partial charge in [-0.15, -0.1) is 0 Å². The lowest BCUT2D eigenvalue weighted by atomic mass is 10.0. The molecular formula is C25H34N4O4. The summed E-state index contributed by atoms with van der Waals surface area (Å²) >= 11 is 0. The number of carbonyl (C=O) groups is 2. The van der Waals surface area contributed by atoms with Gasteiger partial charge in [0.1, 0.15) is 11.9 Å². The number of nitrogens with one attached hydrogen (secondary N) is 1. The lowest BCUT2D eigenvalue weighted by molar-refractivity contribution is 0.0539. The molecule has 1 aliphatic rings. The molecule has 0 aliphatic carbocycles. The maximum absolute atomic E-state index is 12.1. The molecule has 2 amide bonds. The van der Waals surface area contributed by atoms with Crippen molar-refractivity contribution in [3.63, 3.8) is 0 Å². The molecule has 1 fully saturated rings. The highest BCUT2D eigenvalue weighted by Gasteiger charge is 2.41. The van der Waals surface area contributed by atoms with Gasteiger partial charge in [-0.05, 0) is 63.8 Å². The topological polar surface area (TPSA) is 106 Å². The molecule has 3 N–H and O–H groups in total. The van der Waals surface area contributed by atoms with Crippen LogP contribution in [-0.4, -0.2) is 68.7 Å². The molecule has 33 heavy (non-hydrogen) atoms. The lowest BCUT2D eigenvalue weighted by Crippen LogP contribution is -2.44. The van der Waals surface area contributed by atoms with Gasteiger partial charge in [0.2, 0.25) is 0 Å². The third-order valence-corrected chi connectivity index (χ3v) is 5.84. The van der Waals surface area contributed by atoms with Crippen molar-refractivity contribution in [1.82, 2.24) is 14.8 Å². The number of carboxylic acid groups (broad SMARTS) is 1. The molecule has 0 radical (unpaired) electrons. The number of anilines is 1. The van der Waals surface area contributed by atoms with Crippen molar-refractivity contribution in [2.45, 2.75) is 63.8 Å². The minimum Gasteiger partial charge on any atom is -0.465 e. The summed E-state index contributed by atoms with van der Waals surface area (Å²) in [5.41, 5.74) is 2.01. The van der Waals surface area contributed by atoms with Crippen molar-refractivity contribution in [3.8, 4) is 0 Å². The summed E-state index contributed by atoms with van der Waals surface area (Å²) in [4.78, 5) is 31.5. The van der Waals surface area contributed by atoms with E-state index in [1.54, 1.807) is 44.6 Å². The smallest absolute Gasteiger partial charge is 0.407 e. The molecule has 8 heteroatoms. The van der Waals surface area contributed by atoms with Crippen LogP contribution in [0.2, 0.25) is 0 Å². The zero-order chi connectivity index (χ0) is 24.3. The lowest BCUT2D eigenvalue weighted by Gasteiger charge is -2.31. The average Bonchev–Trinajstić information content (AvgIpc) is 3.16. The van der Waals surface area contributed by atoms with Crippen LogP contribution in [0.1, 0.15) is 61.2 Å².